The predicted octanol–water partition coefficient (Wildman–Crippen LogP) is 2.39. The van der Waals surface area contributed by atoms with E-state index in [1.54, 1.807) is 18.2 Å². The van der Waals surface area contributed by atoms with Gasteiger partial charge < -0.3 is 10.6 Å². The Bertz CT molecular complexity index is 645. The molecule has 1 amide bonds. The zero-order valence-corrected chi connectivity index (χ0v) is 11.5. The summed E-state index contributed by atoms with van der Waals surface area (Å²) in [7, 11) is 0. The topological polar surface area (TPSA) is 54.0 Å². The number of nitrogens with one attached hydrogen (secondary N) is 2. The molecule has 0 unspecified atom stereocenters. The van der Waals surface area contributed by atoms with Gasteiger partial charge >= 0.3 is 0 Å². The molecule has 0 aliphatic carbocycles. The van der Waals surface area contributed by atoms with Crippen molar-refractivity contribution in [3.8, 4) is 0 Å². The summed E-state index contributed by atoms with van der Waals surface area (Å²) in [5.41, 5.74) is 2.46. The maximum absolute atomic E-state index is 12.2. The van der Waals surface area contributed by atoms with Crippen LogP contribution >= 0.6 is 11.6 Å². The monoisotopic (exact) mass is 287 g/mol. The van der Waals surface area contributed by atoms with Crippen LogP contribution in [0.25, 0.3) is 0 Å². The average molecular weight is 288 g/mol. The van der Waals surface area contributed by atoms with Gasteiger partial charge in [-0.25, -0.2) is 4.98 Å². The Morgan fingerprint density at radius 1 is 1.20 bits per heavy atom. The van der Waals surface area contributed by atoms with E-state index in [4.69, 9.17) is 11.6 Å². The van der Waals surface area contributed by atoms with Gasteiger partial charge in [-0.2, -0.15) is 0 Å². The van der Waals surface area contributed by atoms with Crippen LogP contribution in [0, 0.1) is 0 Å². The summed E-state index contributed by atoms with van der Waals surface area (Å²) in [5.74, 6) is 0.387. The number of rotatable bonds is 2. The van der Waals surface area contributed by atoms with Crippen LogP contribution in [-0.2, 0) is 17.8 Å². The van der Waals surface area contributed by atoms with Gasteiger partial charge in [0.05, 0.1) is 6.04 Å². The van der Waals surface area contributed by atoms with Crippen LogP contribution in [0.2, 0.25) is 5.15 Å². The van der Waals surface area contributed by atoms with Crippen molar-refractivity contribution in [3.63, 3.8) is 0 Å². The molecule has 2 heterocycles. The minimum atomic E-state index is -0.245. The van der Waals surface area contributed by atoms with Gasteiger partial charge in [-0.3, -0.25) is 4.79 Å². The number of halogens is 1. The van der Waals surface area contributed by atoms with E-state index in [9.17, 15) is 4.79 Å². The fourth-order valence-corrected chi connectivity index (χ4v) is 2.49. The molecular weight excluding hydrogens is 274 g/mol. The summed E-state index contributed by atoms with van der Waals surface area (Å²) >= 11 is 5.80. The van der Waals surface area contributed by atoms with Crippen LogP contribution in [0.1, 0.15) is 11.1 Å². The first-order valence-electron chi connectivity index (χ1n) is 6.46. The number of aromatic nitrogens is 1. The van der Waals surface area contributed by atoms with Gasteiger partial charge in [0.1, 0.15) is 11.0 Å². The number of carbonyl (C=O) groups excluding carboxylic acids is 1. The molecule has 0 spiro atoms. The number of fused-ring (bicyclic) bond motifs is 1. The van der Waals surface area contributed by atoms with Crippen LogP contribution in [0.3, 0.4) is 0 Å². The number of pyridine rings is 1. The Hall–Kier alpha value is -1.91. The Labute approximate surface area is 122 Å². The van der Waals surface area contributed by atoms with E-state index in [1.165, 1.54) is 11.1 Å². The normalized spacial score (nSPS) is 17.4. The number of benzene rings is 1. The Balaban J connectivity index is 1.70. The largest absolute Gasteiger partial charge is 0.309 e. The minimum absolute atomic E-state index is 0.0886. The molecule has 2 N–H and O–H groups in total. The van der Waals surface area contributed by atoms with Crippen LogP contribution in [-0.4, -0.2) is 16.9 Å². The fraction of sp³-hybridized carbons (Fsp3) is 0.200. The van der Waals surface area contributed by atoms with E-state index in [1.807, 2.05) is 12.1 Å². The minimum Gasteiger partial charge on any atom is -0.309 e. The molecule has 3 rings (SSSR count). The lowest BCUT2D eigenvalue weighted by atomic mass is 9.95. The van der Waals surface area contributed by atoms with E-state index in [0.29, 0.717) is 23.9 Å². The summed E-state index contributed by atoms with van der Waals surface area (Å²) < 4.78 is 0. The molecule has 4 nitrogen and oxygen atoms in total. The second kappa shape index (κ2) is 5.61. The number of amides is 1. The molecule has 2 aromatic rings. The highest BCUT2D eigenvalue weighted by Gasteiger charge is 2.24. The second-order valence-corrected chi connectivity index (χ2v) is 5.13. The molecule has 0 bridgehead atoms. The van der Waals surface area contributed by atoms with Gasteiger partial charge in [-0.1, -0.05) is 41.9 Å². The Morgan fingerprint density at radius 3 is 2.80 bits per heavy atom. The average Bonchev–Trinajstić information content (AvgIpc) is 2.47. The number of hydrogen-bond acceptors (Lipinski definition) is 3. The molecule has 0 saturated heterocycles. The maximum Gasteiger partial charge on any atom is 0.243 e. The number of anilines is 1. The molecule has 102 valence electrons. The van der Waals surface area contributed by atoms with E-state index in [2.05, 4.69) is 27.8 Å². The van der Waals surface area contributed by atoms with Crippen molar-refractivity contribution in [2.45, 2.75) is 19.0 Å². The van der Waals surface area contributed by atoms with E-state index < -0.39 is 0 Å². The van der Waals surface area contributed by atoms with Crippen LogP contribution in [0.15, 0.2) is 42.5 Å². The number of carbonyl (C=O) groups is 1. The Morgan fingerprint density at radius 2 is 2.00 bits per heavy atom. The van der Waals surface area contributed by atoms with Crippen molar-refractivity contribution >= 4 is 23.3 Å². The lowest BCUT2D eigenvalue weighted by molar-refractivity contribution is -0.118. The summed E-state index contributed by atoms with van der Waals surface area (Å²) in [5, 5.41) is 6.39. The quantitative estimate of drug-likeness (QED) is 0.834. The highest BCUT2D eigenvalue weighted by Crippen LogP contribution is 2.17. The van der Waals surface area contributed by atoms with Gasteiger partial charge in [0, 0.05) is 6.54 Å². The third-order valence-electron chi connectivity index (χ3n) is 3.36. The van der Waals surface area contributed by atoms with E-state index >= 15 is 0 Å². The van der Waals surface area contributed by atoms with E-state index in [-0.39, 0.29) is 11.9 Å². The van der Waals surface area contributed by atoms with Gasteiger partial charge in [0.2, 0.25) is 5.91 Å². The molecule has 1 atom stereocenters. The molecule has 0 radical (unpaired) electrons. The molecule has 0 fully saturated rings. The predicted molar refractivity (Wildman–Crippen MR) is 78.7 cm³/mol. The summed E-state index contributed by atoms with van der Waals surface area (Å²) in [6.45, 7) is 0.706. The summed E-state index contributed by atoms with van der Waals surface area (Å²) in [4.78, 5) is 16.3. The summed E-state index contributed by atoms with van der Waals surface area (Å²) in [6, 6.07) is 13.1. The standard InChI is InChI=1S/C15H14ClN3O/c16-13-6-3-7-14(18-13)19-15(20)12-8-10-4-1-2-5-11(10)9-17-12/h1-7,12,17H,8-9H2,(H,18,19,20)/t12-/m1/s1. The first-order valence-corrected chi connectivity index (χ1v) is 6.84. The van der Waals surface area contributed by atoms with Crippen molar-refractivity contribution in [2.24, 2.45) is 0 Å². The number of nitrogens with zero attached hydrogens (tertiary/aromatic N) is 1. The molecule has 0 saturated carbocycles. The van der Waals surface area contributed by atoms with Crippen molar-refractivity contribution in [3.05, 3.63) is 58.7 Å². The lowest BCUT2D eigenvalue weighted by Crippen LogP contribution is -2.44. The summed E-state index contributed by atoms with van der Waals surface area (Å²) in [6.07, 6.45) is 0.683. The maximum atomic E-state index is 12.2. The molecular formula is C15H14ClN3O. The van der Waals surface area contributed by atoms with E-state index in [0.717, 1.165) is 0 Å². The molecule has 20 heavy (non-hydrogen) atoms. The van der Waals surface area contributed by atoms with Gasteiger partial charge in [-0.15, -0.1) is 0 Å². The first kappa shape index (κ1) is 13.1. The zero-order valence-electron chi connectivity index (χ0n) is 10.8. The molecule has 1 aliphatic heterocycles. The molecule has 5 heteroatoms. The van der Waals surface area contributed by atoms with Crippen molar-refractivity contribution in [2.75, 3.05) is 5.32 Å². The molecule has 1 aromatic heterocycles. The van der Waals surface area contributed by atoms with Crippen molar-refractivity contribution < 1.29 is 4.79 Å². The van der Waals surface area contributed by atoms with Gasteiger partial charge in [-0.05, 0) is 29.7 Å². The van der Waals surface area contributed by atoms with Crippen molar-refractivity contribution in [1.82, 2.24) is 10.3 Å². The SMILES string of the molecule is O=C(Nc1cccc(Cl)n1)[C@H]1Cc2ccccc2CN1. The highest BCUT2D eigenvalue weighted by molar-refractivity contribution is 6.29. The van der Waals surface area contributed by atoms with Gasteiger partial charge in [0.15, 0.2) is 0 Å². The smallest absolute Gasteiger partial charge is 0.243 e. The fourth-order valence-electron chi connectivity index (χ4n) is 2.33. The second-order valence-electron chi connectivity index (χ2n) is 4.74. The number of hydrogen-bond donors (Lipinski definition) is 2. The molecule has 1 aliphatic rings. The molecule has 1 aromatic carbocycles. The van der Waals surface area contributed by atoms with Gasteiger partial charge in [0.25, 0.3) is 0 Å². The first-order chi connectivity index (χ1) is 9.72. The third-order valence-corrected chi connectivity index (χ3v) is 3.57. The van der Waals surface area contributed by atoms with Crippen molar-refractivity contribution in [1.29, 1.82) is 0 Å². The lowest BCUT2D eigenvalue weighted by Gasteiger charge is -2.25. The third kappa shape index (κ3) is 2.81. The van der Waals surface area contributed by atoms with Crippen LogP contribution in [0.5, 0.6) is 0 Å². The zero-order chi connectivity index (χ0) is 13.9. The Kier molecular flexibility index (Phi) is 3.67. The highest BCUT2D eigenvalue weighted by atomic mass is 35.5. The van der Waals surface area contributed by atoms with Crippen LogP contribution in [0.4, 0.5) is 5.82 Å². The van der Waals surface area contributed by atoms with Crippen LogP contribution < -0.4 is 10.6 Å².